The average Bonchev–Trinajstić information content (AvgIpc) is 2.39. The van der Waals surface area contributed by atoms with E-state index in [4.69, 9.17) is 4.74 Å². The van der Waals surface area contributed by atoms with Crippen molar-refractivity contribution in [3.8, 4) is 5.75 Å². The molecule has 0 radical (unpaired) electrons. The highest BCUT2D eigenvalue weighted by molar-refractivity contribution is 5.81. The van der Waals surface area contributed by atoms with Crippen molar-refractivity contribution in [3.63, 3.8) is 0 Å². The summed E-state index contributed by atoms with van der Waals surface area (Å²) >= 11 is 0. The highest BCUT2D eigenvalue weighted by Crippen LogP contribution is 2.40. The molecule has 1 N–H and O–H groups in total. The lowest BCUT2D eigenvalue weighted by molar-refractivity contribution is -0.145. The molecule has 3 nitrogen and oxygen atoms in total. The van der Waals surface area contributed by atoms with Crippen LogP contribution in [0.5, 0.6) is 5.75 Å². The molecule has 0 aliphatic heterocycles. The van der Waals surface area contributed by atoms with E-state index in [1.807, 2.05) is 24.3 Å². The second kappa shape index (κ2) is 4.78. The zero-order chi connectivity index (χ0) is 12.3. The molecule has 0 aromatic heterocycles. The van der Waals surface area contributed by atoms with E-state index >= 15 is 0 Å². The molecule has 0 heterocycles. The molecule has 0 unspecified atom stereocenters. The third kappa shape index (κ3) is 2.14. The first-order valence-electron chi connectivity index (χ1n) is 6.07. The van der Waals surface area contributed by atoms with Gasteiger partial charge in [-0.05, 0) is 30.5 Å². The molecule has 0 saturated heterocycles. The summed E-state index contributed by atoms with van der Waals surface area (Å²) in [5, 5.41) is 9.56. The standard InChI is InChI=1S/C14H18O3/c1-17-12-7-5-6-11(10-12)14(13(15)16)8-3-2-4-9-14/h5-7,10H,2-4,8-9H2,1H3,(H,15,16). The van der Waals surface area contributed by atoms with Gasteiger partial charge in [-0.25, -0.2) is 0 Å². The summed E-state index contributed by atoms with van der Waals surface area (Å²) in [6.07, 6.45) is 4.58. The van der Waals surface area contributed by atoms with E-state index in [-0.39, 0.29) is 0 Å². The van der Waals surface area contributed by atoms with E-state index in [0.29, 0.717) is 0 Å². The number of carbonyl (C=O) groups is 1. The zero-order valence-corrected chi connectivity index (χ0v) is 10.1. The maximum absolute atomic E-state index is 11.6. The molecule has 1 saturated carbocycles. The Morgan fingerprint density at radius 2 is 2.00 bits per heavy atom. The van der Waals surface area contributed by atoms with Gasteiger partial charge in [0.05, 0.1) is 12.5 Å². The van der Waals surface area contributed by atoms with Crippen LogP contribution in [0.2, 0.25) is 0 Å². The van der Waals surface area contributed by atoms with Gasteiger partial charge in [0.15, 0.2) is 0 Å². The zero-order valence-electron chi connectivity index (χ0n) is 10.1. The van der Waals surface area contributed by atoms with Gasteiger partial charge in [-0.1, -0.05) is 31.4 Å². The lowest BCUT2D eigenvalue weighted by Gasteiger charge is -2.33. The SMILES string of the molecule is COc1cccc(C2(C(=O)O)CCCCC2)c1. The molecule has 1 aromatic rings. The maximum atomic E-state index is 11.6. The van der Waals surface area contributed by atoms with Crippen LogP contribution in [0.15, 0.2) is 24.3 Å². The van der Waals surface area contributed by atoms with Crippen LogP contribution in [0.4, 0.5) is 0 Å². The van der Waals surface area contributed by atoms with Gasteiger partial charge in [0.2, 0.25) is 0 Å². The molecular formula is C14H18O3. The maximum Gasteiger partial charge on any atom is 0.314 e. The summed E-state index contributed by atoms with van der Waals surface area (Å²) in [7, 11) is 1.60. The summed E-state index contributed by atoms with van der Waals surface area (Å²) in [5.41, 5.74) is 0.177. The monoisotopic (exact) mass is 234 g/mol. The minimum atomic E-state index is -0.703. The van der Waals surface area contributed by atoms with Crippen molar-refractivity contribution < 1.29 is 14.6 Å². The molecule has 1 aliphatic carbocycles. The summed E-state index contributed by atoms with van der Waals surface area (Å²) in [6.45, 7) is 0. The fourth-order valence-electron chi connectivity index (χ4n) is 2.70. The first-order valence-corrected chi connectivity index (χ1v) is 6.07. The predicted octanol–water partition coefficient (Wildman–Crippen LogP) is 2.98. The van der Waals surface area contributed by atoms with Crippen LogP contribution in [0.25, 0.3) is 0 Å². The highest BCUT2D eigenvalue weighted by Gasteiger charge is 2.41. The molecule has 92 valence electrons. The molecule has 0 bridgehead atoms. The Morgan fingerprint density at radius 3 is 2.59 bits per heavy atom. The van der Waals surface area contributed by atoms with E-state index in [9.17, 15) is 9.90 Å². The Hall–Kier alpha value is -1.51. The van der Waals surface area contributed by atoms with E-state index in [2.05, 4.69) is 0 Å². The lowest BCUT2D eigenvalue weighted by atomic mass is 9.69. The van der Waals surface area contributed by atoms with Crippen molar-refractivity contribution in [3.05, 3.63) is 29.8 Å². The molecule has 1 aliphatic rings. The number of rotatable bonds is 3. The van der Waals surface area contributed by atoms with Crippen LogP contribution >= 0.6 is 0 Å². The number of benzene rings is 1. The van der Waals surface area contributed by atoms with Gasteiger partial charge < -0.3 is 9.84 Å². The van der Waals surface area contributed by atoms with Crippen molar-refractivity contribution in [2.45, 2.75) is 37.5 Å². The third-order valence-electron chi connectivity index (χ3n) is 3.74. The molecular weight excluding hydrogens is 216 g/mol. The van der Waals surface area contributed by atoms with E-state index < -0.39 is 11.4 Å². The van der Waals surface area contributed by atoms with Crippen molar-refractivity contribution in [1.29, 1.82) is 0 Å². The van der Waals surface area contributed by atoms with E-state index in [1.54, 1.807) is 7.11 Å². The quantitative estimate of drug-likeness (QED) is 0.874. The fourth-order valence-corrected chi connectivity index (χ4v) is 2.70. The minimum Gasteiger partial charge on any atom is -0.497 e. The van der Waals surface area contributed by atoms with Gasteiger partial charge in [-0.3, -0.25) is 4.79 Å². The average molecular weight is 234 g/mol. The van der Waals surface area contributed by atoms with Crippen LogP contribution in [-0.2, 0) is 10.2 Å². The van der Waals surface area contributed by atoms with Crippen LogP contribution < -0.4 is 4.74 Å². The number of hydrogen-bond donors (Lipinski definition) is 1. The van der Waals surface area contributed by atoms with Crippen molar-refractivity contribution in [1.82, 2.24) is 0 Å². The molecule has 17 heavy (non-hydrogen) atoms. The first kappa shape index (κ1) is 12.0. The number of carboxylic acids is 1. The number of ether oxygens (including phenoxy) is 1. The molecule has 0 amide bonds. The van der Waals surface area contributed by atoms with Crippen LogP contribution in [-0.4, -0.2) is 18.2 Å². The molecule has 2 rings (SSSR count). The Kier molecular flexibility index (Phi) is 3.36. The number of hydrogen-bond acceptors (Lipinski definition) is 2. The van der Waals surface area contributed by atoms with Crippen molar-refractivity contribution >= 4 is 5.97 Å². The van der Waals surface area contributed by atoms with Gasteiger partial charge in [0, 0.05) is 0 Å². The Balaban J connectivity index is 2.41. The van der Waals surface area contributed by atoms with Crippen molar-refractivity contribution in [2.75, 3.05) is 7.11 Å². The van der Waals surface area contributed by atoms with E-state index in [1.165, 1.54) is 0 Å². The first-order chi connectivity index (χ1) is 8.19. The lowest BCUT2D eigenvalue weighted by Crippen LogP contribution is -2.37. The highest BCUT2D eigenvalue weighted by atomic mass is 16.5. The Morgan fingerprint density at radius 1 is 1.29 bits per heavy atom. The largest absolute Gasteiger partial charge is 0.497 e. The van der Waals surface area contributed by atoms with Gasteiger partial charge >= 0.3 is 5.97 Å². The van der Waals surface area contributed by atoms with Crippen LogP contribution in [0, 0.1) is 0 Å². The molecule has 0 atom stereocenters. The number of aliphatic carboxylic acids is 1. The summed E-state index contributed by atoms with van der Waals surface area (Å²) < 4.78 is 5.18. The molecule has 1 aromatic carbocycles. The molecule has 3 heteroatoms. The molecule has 0 spiro atoms. The van der Waals surface area contributed by atoms with Crippen LogP contribution in [0.1, 0.15) is 37.7 Å². The van der Waals surface area contributed by atoms with Crippen LogP contribution in [0.3, 0.4) is 0 Å². The van der Waals surface area contributed by atoms with Crippen molar-refractivity contribution in [2.24, 2.45) is 0 Å². The minimum absolute atomic E-state index is 0.702. The smallest absolute Gasteiger partial charge is 0.314 e. The topological polar surface area (TPSA) is 46.5 Å². The Bertz CT molecular complexity index is 406. The van der Waals surface area contributed by atoms with Gasteiger partial charge in [-0.2, -0.15) is 0 Å². The van der Waals surface area contributed by atoms with E-state index in [0.717, 1.165) is 43.4 Å². The second-order valence-electron chi connectivity index (χ2n) is 4.68. The van der Waals surface area contributed by atoms with Gasteiger partial charge in [-0.15, -0.1) is 0 Å². The number of carboxylic acid groups (broad SMARTS) is 1. The summed E-state index contributed by atoms with van der Waals surface area (Å²) in [6, 6.07) is 7.48. The number of methoxy groups -OCH3 is 1. The predicted molar refractivity (Wildman–Crippen MR) is 65.4 cm³/mol. The Labute approximate surface area is 101 Å². The van der Waals surface area contributed by atoms with Gasteiger partial charge in [0.25, 0.3) is 0 Å². The van der Waals surface area contributed by atoms with Gasteiger partial charge in [0.1, 0.15) is 5.75 Å². The summed E-state index contributed by atoms with van der Waals surface area (Å²) in [5.74, 6) is 0.0270. The normalized spacial score (nSPS) is 18.6. The molecule has 1 fully saturated rings. The summed E-state index contributed by atoms with van der Waals surface area (Å²) in [4.78, 5) is 11.6. The second-order valence-corrected chi connectivity index (χ2v) is 4.68. The third-order valence-corrected chi connectivity index (χ3v) is 3.74. The fraction of sp³-hybridized carbons (Fsp3) is 0.500.